The molecule has 18 heavy (non-hydrogen) atoms. The van der Waals surface area contributed by atoms with Crippen LogP contribution in [-0.4, -0.2) is 28.7 Å². The molecule has 5 nitrogen and oxygen atoms in total. The second kappa shape index (κ2) is 5.84. The highest BCUT2D eigenvalue weighted by Crippen LogP contribution is 2.26. The molecule has 5 heteroatoms. The molecule has 100 valence electrons. The molecule has 0 heterocycles. The van der Waals surface area contributed by atoms with E-state index in [1.54, 1.807) is 12.1 Å². The standard InChI is InChI=1S/C13H20N2O3/c1-13(2,3)15-7-12(18)9-4-5-11(17)10(6-9)14-8-16/h4-6,8,12,15,17-18H,7H2,1-3H3,(H,14,16)/t12-/m1/s1. The Hall–Kier alpha value is -1.59. The first kappa shape index (κ1) is 14.5. The Kier molecular flexibility index (Phi) is 4.69. The van der Waals surface area contributed by atoms with Crippen LogP contribution < -0.4 is 10.6 Å². The Morgan fingerprint density at radius 2 is 2.06 bits per heavy atom. The number of benzene rings is 1. The van der Waals surface area contributed by atoms with Crippen LogP contribution in [0.1, 0.15) is 32.4 Å². The van der Waals surface area contributed by atoms with Crippen LogP contribution in [-0.2, 0) is 4.79 Å². The zero-order valence-electron chi connectivity index (χ0n) is 10.9. The van der Waals surface area contributed by atoms with Gasteiger partial charge in [0, 0.05) is 12.1 Å². The first-order chi connectivity index (χ1) is 8.33. The molecule has 0 radical (unpaired) electrons. The maximum Gasteiger partial charge on any atom is 0.211 e. The third kappa shape index (κ3) is 4.35. The van der Waals surface area contributed by atoms with Gasteiger partial charge in [-0.2, -0.15) is 0 Å². The van der Waals surface area contributed by atoms with E-state index in [-0.39, 0.29) is 17.0 Å². The smallest absolute Gasteiger partial charge is 0.211 e. The predicted molar refractivity (Wildman–Crippen MR) is 70.5 cm³/mol. The van der Waals surface area contributed by atoms with E-state index in [4.69, 9.17) is 0 Å². The average Bonchev–Trinajstić information content (AvgIpc) is 2.28. The van der Waals surface area contributed by atoms with Crippen LogP contribution in [0.4, 0.5) is 5.69 Å². The highest BCUT2D eigenvalue weighted by Gasteiger charge is 2.14. The van der Waals surface area contributed by atoms with Crippen LogP contribution in [0.3, 0.4) is 0 Å². The van der Waals surface area contributed by atoms with Gasteiger partial charge in [0.25, 0.3) is 0 Å². The molecule has 0 saturated carbocycles. The molecule has 0 aliphatic rings. The van der Waals surface area contributed by atoms with Crippen molar-refractivity contribution in [2.24, 2.45) is 0 Å². The number of aliphatic hydroxyl groups is 1. The second-order valence-corrected chi connectivity index (χ2v) is 5.19. The molecule has 1 aromatic carbocycles. The van der Waals surface area contributed by atoms with Gasteiger partial charge >= 0.3 is 0 Å². The summed E-state index contributed by atoms with van der Waals surface area (Å²) in [5, 5.41) is 25.1. The van der Waals surface area contributed by atoms with Gasteiger partial charge in [-0.3, -0.25) is 4.79 Å². The molecular formula is C13H20N2O3. The van der Waals surface area contributed by atoms with Gasteiger partial charge in [-0.25, -0.2) is 0 Å². The number of amides is 1. The van der Waals surface area contributed by atoms with Crippen LogP contribution in [0.5, 0.6) is 5.75 Å². The van der Waals surface area contributed by atoms with Crippen molar-refractivity contribution in [2.45, 2.75) is 32.4 Å². The van der Waals surface area contributed by atoms with Gasteiger partial charge in [0.15, 0.2) is 0 Å². The lowest BCUT2D eigenvalue weighted by Gasteiger charge is -2.23. The van der Waals surface area contributed by atoms with Crippen LogP contribution in [0.15, 0.2) is 18.2 Å². The van der Waals surface area contributed by atoms with E-state index in [1.807, 2.05) is 20.8 Å². The minimum Gasteiger partial charge on any atom is -0.506 e. The molecule has 0 spiro atoms. The molecular weight excluding hydrogens is 232 g/mol. The maximum atomic E-state index is 10.4. The highest BCUT2D eigenvalue weighted by molar-refractivity contribution is 5.75. The molecule has 0 aromatic heterocycles. The maximum absolute atomic E-state index is 10.4. The van der Waals surface area contributed by atoms with E-state index in [1.165, 1.54) is 6.07 Å². The zero-order valence-corrected chi connectivity index (χ0v) is 10.9. The summed E-state index contributed by atoms with van der Waals surface area (Å²) in [6, 6.07) is 4.63. The number of nitrogens with one attached hydrogen (secondary N) is 2. The fraction of sp³-hybridized carbons (Fsp3) is 0.462. The molecule has 1 aromatic rings. The number of carbonyl (C=O) groups is 1. The first-order valence-electron chi connectivity index (χ1n) is 5.79. The Morgan fingerprint density at radius 3 is 2.61 bits per heavy atom. The molecule has 0 aliphatic carbocycles. The molecule has 0 fully saturated rings. The van der Waals surface area contributed by atoms with Crippen LogP contribution in [0.2, 0.25) is 0 Å². The fourth-order valence-electron chi connectivity index (χ4n) is 1.46. The number of carbonyl (C=O) groups excluding carboxylic acids is 1. The first-order valence-corrected chi connectivity index (χ1v) is 5.79. The van der Waals surface area contributed by atoms with E-state index in [9.17, 15) is 15.0 Å². The summed E-state index contributed by atoms with van der Waals surface area (Å²) in [5.41, 5.74) is 0.841. The van der Waals surface area contributed by atoms with Crippen molar-refractivity contribution in [1.29, 1.82) is 0 Å². The third-order valence-corrected chi connectivity index (χ3v) is 2.45. The summed E-state index contributed by atoms with van der Waals surface area (Å²) in [4.78, 5) is 10.4. The van der Waals surface area contributed by atoms with E-state index in [0.29, 0.717) is 18.5 Å². The molecule has 0 bridgehead atoms. The quantitative estimate of drug-likeness (QED) is 0.471. The summed E-state index contributed by atoms with van der Waals surface area (Å²) < 4.78 is 0. The van der Waals surface area contributed by atoms with Crippen molar-refractivity contribution in [1.82, 2.24) is 5.32 Å². The Balaban J connectivity index is 2.76. The Morgan fingerprint density at radius 1 is 1.39 bits per heavy atom. The molecule has 0 aliphatic heterocycles. The van der Waals surface area contributed by atoms with Gasteiger partial charge in [-0.15, -0.1) is 0 Å². The van der Waals surface area contributed by atoms with Crippen LogP contribution >= 0.6 is 0 Å². The number of anilines is 1. The van der Waals surface area contributed by atoms with Gasteiger partial charge in [0.2, 0.25) is 6.41 Å². The largest absolute Gasteiger partial charge is 0.506 e. The van der Waals surface area contributed by atoms with Gasteiger partial charge in [0.1, 0.15) is 5.75 Å². The van der Waals surface area contributed by atoms with Gasteiger partial charge in [-0.1, -0.05) is 6.07 Å². The van der Waals surface area contributed by atoms with Crippen molar-refractivity contribution in [3.8, 4) is 5.75 Å². The van der Waals surface area contributed by atoms with Crippen molar-refractivity contribution >= 4 is 12.1 Å². The number of rotatable bonds is 5. The molecule has 1 amide bonds. The number of hydrogen-bond donors (Lipinski definition) is 4. The molecule has 1 rings (SSSR count). The monoisotopic (exact) mass is 252 g/mol. The number of aromatic hydroxyl groups is 1. The normalized spacial score (nSPS) is 13.1. The van der Waals surface area contributed by atoms with Crippen molar-refractivity contribution in [3.05, 3.63) is 23.8 Å². The van der Waals surface area contributed by atoms with E-state index < -0.39 is 6.10 Å². The number of hydrogen-bond acceptors (Lipinski definition) is 4. The van der Waals surface area contributed by atoms with E-state index in [0.717, 1.165) is 0 Å². The highest BCUT2D eigenvalue weighted by atomic mass is 16.3. The van der Waals surface area contributed by atoms with E-state index in [2.05, 4.69) is 10.6 Å². The fourth-order valence-corrected chi connectivity index (χ4v) is 1.46. The molecule has 4 N–H and O–H groups in total. The number of β-amino-alcohol motifs (C(OH)–C–C–N with tert-alkyl or cyclic N) is 1. The van der Waals surface area contributed by atoms with Gasteiger partial charge in [-0.05, 0) is 38.5 Å². The Bertz CT molecular complexity index is 413. The number of aliphatic hydroxyl groups excluding tert-OH is 1. The summed E-state index contributed by atoms with van der Waals surface area (Å²) in [7, 11) is 0. The minimum atomic E-state index is -0.697. The number of phenolic OH excluding ortho intramolecular Hbond substituents is 1. The lowest BCUT2D eigenvalue weighted by atomic mass is 10.1. The topological polar surface area (TPSA) is 81.6 Å². The summed E-state index contributed by atoms with van der Waals surface area (Å²) in [5.74, 6) is -0.0261. The lowest BCUT2D eigenvalue weighted by Crippen LogP contribution is -2.38. The minimum absolute atomic E-state index is 0.0261. The van der Waals surface area contributed by atoms with Crippen molar-refractivity contribution in [2.75, 3.05) is 11.9 Å². The van der Waals surface area contributed by atoms with Crippen molar-refractivity contribution in [3.63, 3.8) is 0 Å². The lowest BCUT2D eigenvalue weighted by molar-refractivity contribution is -0.105. The Labute approximate surface area is 107 Å². The number of phenols is 1. The van der Waals surface area contributed by atoms with Gasteiger partial charge in [0.05, 0.1) is 11.8 Å². The summed E-state index contributed by atoms with van der Waals surface area (Å²) >= 11 is 0. The van der Waals surface area contributed by atoms with Gasteiger partial charge < -0.3 is 20.8 Å². The average molecular weight is 252 g/mol. The molecule has 1 atom stereocenters. The predicted octanol–water partition coefficient (Wildman–Crippen LogP) is 1.38. The van der Waals surface area contributed by atoms with E-state index >= 15 is 0 Å². The summed E-state index contributed by atoms with van der Waals surface area (Å²) in [6.07, 6.45) is -0.212. The third-order valence-electron chi connectivity index (χ3n) is 2.45. The van der Waals surface area contributed by atoms with Crippen molar-refractivity contribution < 1.29 is 15.0 Å². The van der Waals surface area contributed by atoms with Crippen LogP contribution in [0, 0.1) is 0 Å². The second-order valence-electron chi connectivity index (χ2n) is 5.19. The summed E-state index contributed by atoms with van der Waals surface area (Å²) in [6.45, 7) is 6.43. The SMILES string of the molecule is CC(C)(C)NC[C@@H](O)c1ccc(O)c(NC=O)c1. The van der Waals surface area contributed by atoms with Crippen LogP contribution in [0.25, 0.3) is 0 Å². The molecule has 0 unspecified atom stereocenters. The zero-order chi connectivity index (χ0) is 13.8. The molecule has 0 saturated heterocycles.